The summed E-state index contributed by atoms with van der Waals surface area (Å²) >= 11 is 0. The van der Waals surface area contributed by atoms with E-state index in [0.29, 0.717) is 44.8 Å². The fourth-order valence-corrected chi connectivity index (χ4v) is 3.82. The minimum absolute atomic E-state index is 0.0509. The van der Waals surface area contributed by atoms with Crippen LogP contribution in [0.3, 0.4) is 0 Å². The highest BCUT2D eigenvalue weighted by Gasteiger charge is 2.31. The molecular weight excluding hydrogens is 360 g/mol. The summed E-state index contributed by atoms with van der Waals surface area (Å²) < 4.78 is 16.1. The quantitative estimate of drug-likeness (QED) is 0.811. The molecule has 7 nitrogen and oxygen atoms in total. The maximum absolute atomic E-state index is 13.1. The van der Waals surface area contributed by atoms with Crippen LogP contribution in [-0.4, -0.2) is 61.5 Å². The Labute approximate surface area is 163 Å². The molecule has 28 heavy (non-hydrogen) atoms. The molecule has 1 unspecified atom stereocenters. The second kappa shape index (κ2) is 7.96. The Morgan fingerprint density at radius 3 is 2.71 bits per heavy atom. The predicted molar refractivity (Wildman–Crippen MR) is 101 cm³/mol. The molecule has 3 heterocycles. The van der Waals surface area contributed by atoms with Gasteiger partial charge in [0.05, 0.1) is 24.9 Å². The standard InChI is InChI=1S/C21H24N2O5/c1-26-18-3-4-19-16(12-18)11-17(14-28-19)21(25)23-7-2-6-22(8-9-23)20(24)15-5-10-27-13-15/h3-5,10,12-13,17H,2,6-9,11,14H2,1H3. The van der Waals surface area contributed by atoms with Crippen molar-refractivity contribution >= 4 is 11.8 Å². The molecule has 2 aromatic rings. The molecular formula is C21H24N2O5. The lowest BCUT2D eigenvalue weighted by Gasteiger charge is -2.30. The van der Waals surface area contributed by atoms with Crippen molar-refractivity contribution in [3.05, 3.63) is 47.9 Å². The SMILES string of the molecule is COc1ccc2c(c1)CC(C(=O)N1CCCN(C(=O)c3ccoc3)CC1)CO2. The van der Waals surface area contributed by atoms with Gasteiger partial charge in [0.25, 0.3) is 5.91 Å². The number of hydrogen-bond acceptors (Lipinski definition) is 5. The van der Waals surface area contributed by atoms with Gasteiger partial charge < -0.3 is 23.7 Å². The Bertz CT molecular complexity index is 848. The molecule has 148 valence electrons. The molecule has 1 fully saturated rings. The van der Waals surface area contributed by atoms with Gasteiger partial charge in [0.15, 0.2) is 0 Å². The number of hydrogen-bond donors (Lipinski definition) is 0. The molecule has 0 aliphatic carbocycles. The number of benzene rings is 1. The monoisotopic (exact) mass is 384 g/mol. The summed E-state index contributed by atoms with van der Waals surface area (Å²) in [6.45, 7) is 2.72. The second-order valence-corrected chi connectivity index (χ2v) is 7.17. The third kappa shape index (κ3) is 3.69. The zero-order chi connectivity index (χ0) is 19.5. The van der Waals surface area contributed by atoms with Crippen molar-refractivity contribution < 1.29 is 23.5 Å². The smallest absolute Gasteiger partial charge is 0.257 e. The molecule has 2 amide bonds. The number of rotatable bonds is 3. The highest BCUT2D eigenvalue weighted by atomic mass is 16.5. The van der Waals surface area contributed by atoms with Gasteiger partial charge in [0.2, 0.25) is 5.91 Å². The lowest BCUT2D eigenvalue weighted by Crippen LogP contribution is -2.43. The first-order chi connectivity index (χ1) is 13.7. The number of nitrogens with zero attached hydrogens (tertiary/aromatic N) is 2. The van der Waals surface area contributed by atoms with Crippen LogP contribution >= 0.6 is 0 Å². The maximum Gasteiger partial charge on any atom is 0.257 e. The van der Waals surface area contributed by atoms with E-state index in [0.717, 1.165) is 23.5 Å². The normalized spacial score (nSPS) is 19.4. The summed E-state index contributed by atoms with van der Waals surface area (Å²) in [6.07, 6.45) is 4.35. The van der Waals surface area contributed by atoms with E-state index < -0.39 is 0 Å². The number of furan rings is 1. The highest BCUT2D eigenvalue weighted by Crippen LogP contribution is 2.31. The molecule has 0 spiro atoms. The zero-order valence-corrected chi connectivity index (χ0v) is 15.9. The van der Waals surface area contributed by atoms with E-state index in [9.17, 15) is 9.59 Å². The van der Waals surface area contributed by atoms with Crippen LogP contribution in [0.4, 0.5) is 0 Å². The Morgan fingerprint density at radius 1 is 1.11 bits per heavy atom. The lowest BCUT2D eigenvalue weighted by molar-refractivity contribution is -0.136. The van der Waals surface area contributed by atoms with Crippen LogP contribution in [0.5, 0.6) is 11.5 Å². The summed E-state index contributed by atoms with van der Waals surface area (Å²) in [5.74, 6) is 1.41. The van der Waals surface area contributed by atoms with E-state index in [1.165, 1.54) is 12.5 Å². The van der Waals surface area contributed by atoms with Gasteiger partial charge >= 0.3 is 0 Å². The first-order valence-corrected chi connectivity index (χ1v) is 9.55. The first-order valence-electron chi connectivity index (χ1n) is 9.55. The third-order valence-electron chi connectivity index (χ3n) is 5.39. The molecule has 4 rings (SSSR count). The number of fused-ring (bicyclic) bond motifs is 1. The van der Waals surface area contributed by atoms with Crippen LogP contribution < -0.4 is 9.47 Å². The molecule has 0 saturated carbocycles. The van der Waals surface area contributed by atoms with Gasteiger partial charge in [-0.25, -0.2) is 0 Å². The molecule has 1 saturated heterocycles. The van der Waals surface area contributed by atoms with E-state index in [2.05, 4.69) is 0 Å². The Morgan fingerprint density at radius 2 is 1.93 bits per heavy atom. The summed E-state index contributed by atoms with van der Waals surface area (Å²) in [7, 11) is 1.63. The minimum atomic E-state index is -0.212. The molecule has 0 N–H and O–H groups in total. The molecule has 2 aliphatic heterocycles. The van der Waals surface area contributed by atoms with Gasteiger partial charge in [-0.1, -0.05) is 0 Å². The molecule has 2 aliphatic rings. The molecule has 1 atom stereocenters. The average Bonchev–Trinajstić information content (AvgIpc) is 3.16. The van der Waals surface area contributed by atoms with Crippen LogP contribution in [0.2, 0.25) is 0 Å². The van der Waals surface area contributed by atoms with E-state index >= 15 is 0 Å². The summed E-state index contributed by atoms with van der Waals surface area (Å²) in [5, 5.41) is 0. The Kier molecular flexibility index (Phi) is 5.23. The number of carbonyl (C=O) groups excluding carboxylic acids is 2. The number of methoxy groups -OCH3 is 1. The topological polar surface area (TPSA) is 72.2 Å². The number of ether oxygens (including phenoxy) is 2. The van der Waals surface area contributed by atoms with Crippen molar-refractivity contribution in [2.24, 2.45) is 5.92 Å². The number of carbonyl (C=O) groups is 2. The van der Waals surface area contributed by atoms with Crippen molar-refractivity contribution in [3.63, 3.8) is 0 Å². The predicted octanol–water partition coefficient (Wildman–Crippen LogP) is 2.21. The summed E-state index contributed by atoms with van der Waals surface area (Å²) in [6, 6.07) is 7.35. The highest BCUT2D eigenvalue weighted by molar-refractivity contribution is 5.93. The average molecular weight is 384 g/mol. The zero-order valence-electron chi connectivity index (χ0n) is 15.9. The maximum atomic E-state index is 13.1. The van der Waals surface area contributed by atoms with Crippen molar-refractivity contribution in [1.29, 1.82) is 0 Å². The summed E-state index contributed by atoms with van der Waals surface area (Å²) in [5.41, 5.74) is 1.54. The molecule has 1 aromatic carbocycles. The van der Waals surface area contributed by atoms with Gasteiger partial charge in [0.1, 0.15) is 24.4 Å². The van der Waals surface area contributed by atoms with Crippen LogP contribution in [0.15, 0.2) is 41.2 Å². The van der Waals surface area contributed by atoms with E-state index in [4.69, 9.17) is 13.9 Å². The minimum Gasteiger partial charge on any atom is -0.497 e. The Balaban J connectivity index is 1.39. The van der Waals surface area contributed by atoms with Gasteiger partial charge in [-0.05, 0) is 42.7 Å². The van der Waals surface area contributed by atoms with Gasteiger partial charge in [-0.3, -0.25) is 9.59 Å². The van der Waals surface area contributed by atoms with Gasteiger partial charge in [0, 0.05) is 26.2 Å². The largest absolute Gasteiger partial charge is 0.497 e. The van der Waals surface area contributed by atoms with Crippen molar-refractivity contribution in [2.75, 3.05) is 39.9 Å². The van der Waals surface area contributed by atoms with E-state index in [1.807, 2.05) is 23.1 Å². The molecule has 0 bridgehead atoms. The van der Waals surface area contributed by atoms with Crippen LogP contribution in [0.1, 0.15) is 22.3 Å². The number of amides is 2. The van der Waals surface area contributed by atoms with Crippen LogP contribution in [-0.2, 0) is 11.2 Å². The van der Waals surface area contributed by atoms with Gasteiger partial charge in [-0.15, -0.1) is 0 Å². The molecule has 0 radical (unpaired) electrons. The van der Waals surface area contributed by atoms with Crippen LogP contribution in [0.25, 0.3) is 0 Å². The van der Waals surface area contributed by atoms with Crippen molar-refractivity contribution in [2.45, 2.75) is 12.8 Å². The molecule has 1 aromatic heterocycles. The van der Waals surface area contributed by atoms with Gasteiger partial charge in [-0.2, -0.15) is 0 Å². The van der Waals surface area contributed by atoms with E-state index in [1.54, 1.807) is 18.1 Å². The second-order valence-electron chi connectivity index (χ2n) is 7.17. The lowest BCUT2D eigenvalue weighted by atomic mass is 9.95. The fourth-order valence-electron chi connectivity index (χ4n) is 3.82. The third-order valence-corrected chi connectivity index (χ3v) is 5.39. The van der Waals surface area contributed by atoms with Crippen molar-refractivity contribution in [1.82, 2.24) is 9.80 Å². The molecule has 7 heteroatoms. The Hall–Kier alpha value is -2.96. The first kappa shape index (κ1) is 18.4. The summed E-state index contributed by atoms with van der Waals surface area (Å²) in [4.78, 5) is 29.2. The van der Waals surface area contributed by atoms with Crippen LogP contribution in [0, 0.1) is 5.92 Å². The fraction of sp³-hybridized carbons (Fsp3) is 0.429. The van der Waals surface area contributed by atoms with Crippen molar-refractivity contribution in [3.8, 4) is 11.5 Å². The van der Waals surface area contributed by atoms with E-state index in [-0.39, 0.29) is 17.7 Å².